The molecular formula is C24H34FN9O4. The molecule has 3 amide bonds. The Labute approximate surface area is 220 Å². The van der Waals surface area contributed by atoms with Crippen LogP contribution in [0.1, 0.15) is 26.2 Å². The van der Waals surface area contributed by atoms with Crippen molar-refractivity contribution in [2.24, 2.45) is 0 Å². The Morgan fingerprint density at radius 3 is 2.63 bits per heavy atom. The van der Waals surface area contributed by atoms with Gasteiger partial charge >= 0.3 is 12.1 Å². The lowest BCUT2D eigenvalue weighted by atomic mass is 10.0. The van der Waals surface area contributed by atoms with Crippen LogP contribution >= 0.6 is 0 Å². The molecule has 0 aliphatic carbocycles. The summed E-state index contributed by atoms with van der Waals surface area (Å²) in [7, 11) is 3.57. The molecule has 13 nitrogen and oxygen atoms in total. The molecule has 0 radical (unpaired) electrons. The number of hydrogen-bond donors (Lipinski definition) is 2. The summed E-state index contributed by atoms with van der Waals surface area (Å²) in [6, 6.07) is 0.260. The van der Waals surface area contributed by atoms with Gasteiger partial charge < -0.3 is 29.5 Å². The van der Waals surface area contributed by atoms with E-state index in [9.17, 15) is 14.0 Å². The van der Waals surface area contributed by atoms with Gasteiger partial charge in [-0.3, -0.25) is 5.32 Å². The van der Waals surface area contributed by atoms with Crippen molar-refractivity contribution in [3.63, 3.8) is 0 Å². The Morgan fingerprint density at radius 1 is 1.13 bits per heavy atom. The quantitative estimate of drug-likeness (QED) is 0.545. The molecule has 0 bridgehead atoms. The third-order valence-electron chi connectivity index (χ3n) is 6.61. The zero-order chi connectivity index (χ0) is 27.1. The van der Waals surface area contributed by atoms with Crippen LogP contribution in [-0.2, 0) is 0 Å². The van der Waals surface area contributed by atoms with Crippen LogP contribution in [0.25, 0.3) is 0 Å². The number of anilines is 2. The number of aromatic nitrogens is 4. The van der Waals surface area contributed by atoms with E-state index >= 15 is 0 Å². The van der Waals surface area contributed by atoms with Gasteiger partial charge in [-0.05, 0) is 46.3 Å². The van der Waals surface area contributed by atoms with E-state index in [0.29, 0.717) is 19.0 Å². The van der Waals surface area contributed by atoms with E-state index in [1.54, 1.807) is 4.90 Å². The lowest BCUT2D eigenvalue weighted by Crippen LogP contribution is -2.55. The first-order chi connectivity index (χ1) is 18.3. The van der Waals surface area contributed by atoms with Crippen LogP contribution in [0.4, 0.5) is 25.7 Å². The normalized spacial score (nSPS) is 20.5. The van der Waals surface area contributed by atoms with Gasteiger partial charge in [-0.15, -0.1) is 0 Å². The van der Waals surface area contributed by atoms with E-state index in [4.69, 9.17) is 9.47 Å². The fourth-order valence-electron chi connectivity index (χ4n) is 4.39. The number of carbonyl (C=O) groups is 2. The molecule has 0 spiro atoms. The zero-order valence-corrected chi connectivity index (χ0v) is 21.8. The second kappa shape index (κ2) is 12.6. The highest BCUT2D eigenvalue weighted by molar-refractivity contribution is 5.88. The molecule has 38 heavy (non-hydrogen) atoms. The van der Waals surface area contributed by atoms with Crippen molar-refractivity contribution in [3.8, 4) is 11.8 Å². The summed E-state index contributed by atoms with van der Waals surface area (Å²) in [5, 5.41) is 5.50. The number of urea groups is 1. The molecule has 2 aliphatic rings. The number of carbonyl (C=O) groups excluding carboxylic acids is 2. The van der Waals surface area contributed by atoms with Crippen molar-refractivity contribution in [1.29, 1.82) is 0 Å². The first-order valence-electron chi connectivity index (χ1n) is 12.7. The number of nitrogens with one attached hydrogen (secondary N) is 2. The molecule has 0 unspecified atom stereocenters. The maximum Gasteiger partial charge on any atom is 0.414 e. The van der Waals surface area contributed by atoms with Gasteiger partial charge in [0.25, 0.3) is 0 Å². The van der Waals surface area contributed by atoms with Gasteiger partial charge in [0.2, 0.25) is 17.7 Å². The molecule has 0 aromatic carbocycles. The second-order valence-corrected chi connectivity index (χ2v) is 9.34. The summed E-state index contributed by atoms with van der Waals surface area (Å²) >= 11 is 0. The van der Waals surface area contributed by atoms with Crippen molar-refractivity contribution < 1.29 is 23.5 Å². The molecular weight excluding hydrogens is 497 g/mol. The molecule has 2 aromatic rings. The topological polar surface area (TPSA) is 138 Å². The number of likely N-dealkylation sites (tertiary alicyclic amines) is 1. The van der Waals surface area contributed by atoms with Crippen LogP contribution in [-0.4, -0.2) is 107 Å². The molecule has 2 saturated heterocycles. The van der Waals surface area contributed by atoms with Crippen LogP contribution in [0.5, 0.6) is 11.8 Å². The van der Waals surface area contributed by atoms with Gasteiger partial charge in [-0.2, -0.15) is 4.98 Å². The predicted octanol–water partition coefficient (Wildman–Crippen LogP) is 1.93. The monoisotopic (exact) mass is 531 g/mol. The molecule has 206 valence electrons. The van der Waals surface area contributed by atoms with Gasteiger partial charge in [-0.25, -0.2) is 28.9 Å². The maximum atomic E-state index is 14.9. The number of alkyl halides is 1. The minimum Gasteiger partial charge on any atom is -0.477 e. The summed E-state index contributed by atoms with van der Waals surface area (Å²) in [5.41, 5.74) is 0. The highest BCUT2D eigenvalue weighted by atomic mass is 19.1. The average molecular weight is 532 g/mol. The van der Waals surface area contributed by atoms with Crippen molar-refractivity contribution in [1.82, 2.24) is 35.1 Å². The summed E-state index contributed by atoms with van der Waals surface area (Å²) in [4.78, 5) is 47.2. The number of nitrogens with zero attached hydrogens (tertiary/aromatic N) is 7. The first kappa shape index (κ1) is 27.2. The molecule has 0 saturated carbocycles. The molecule has 14 heteroatoms. The lowest BCUT2D eigenvalue weighted by Gasteiger charge is -2.39. The molecule has 4 rings (SSSR count). The zero-order valence-electron chi connectivity index (χ0n) is 21.8. The van der Waals surface area contributed by atoms with E-state index in [1.165, 1.54) is 36.6 Å². The maximum absolute atomic E-state index is 14.9. The third kappa shape index (κ3) is 7.15. The Hall–Kier alpha value is -3.81. The second-order valence-electron chi connectivity index (χ2n) is 9.34. The standard InChI is InChI=1S/C24H34FN9O4/c1-4-37-21-14-27-19(13-28-21)30-23(35)33(3)18-15-34(12-8-17(18)25)22-26-9-5-20(31-22)38-24(36)29-16-6-10-32(2)11-7-16/h5,9,13-14,16-18H,4,6-8,10-12,15H2,1-3H3,(H,29,36)(H,27,30,35)/t17-,18+/m1/s1. The van der Waals surface area contributed by atoms with E-state index in [0.717, 1.165) is 25.9 Å². The molecule has 2 aliphatic heterocycles. The van der Waals surface area contributed by atoms with Crippen molar-refractivity contribution in [3.05, 3.63) is 24.7 Å². The fourth-order valence-corrected chi connectivity index (χ4v) is 4.39. The summed E-state index contributed by atoms with van der Waals surface area (Å²) in [6.45, 7) is 4.61. The fraction of sp³-hybridized carbons (Fsp3) is 0.583. The van der Waals surface area contributed by atoms with Crippen LogP contribution < -0.4 is 25.0 Å². The average Bonchev–Trinajstić information content (AvgIpc) is 2.91. The number of amides is 3. The number of likely N-dealkylation sites (N-methyl/N-ethyl adjacent to an activating group) is 1. The summed E-state index contributed by atoms with van der Waals surface area (Å²) in [6.07, 6.45) is 4.33. The molecule has 2 fully saturated rings. The largest absolute Gasteiger partial charge is 0.477 e. The van der Waals surface area contributed by atoms with Crippen LogP contribution in [0, 0.1) is 0 Å². The minimum atomic E-state index is -1.24. The Bertz CT molecular complexity index is 1080. The van der Waals surface area contributed by atoms with Gasteiger partial charge in [-0.1, -0.05) is 0 Å². The van der Waals surface area contributed by atoms with Gasteiger partial charge in [0.1, 0.15) is 6.17 Å². The number of piperidine rings is 2. The highest BCUT2D eigenvalue weighted by Gasteiger charge is 2.35. The number of ether oxygens (including phenoxy) is 2. The van der Waals surface area contributed by atoms with Gasteiger partial charge in [0.05, 0.1) is 25.0 Å². The third-order valence-corrected chi connectivity index (χ3v) is 6.61. The Kier molecular flexibility index (Phi) is 9.05. The molecule has 2 atom stereocenters. The van der Waals surface area contributed by atoms with Crippen molar-refractivity contribution >= 4 is 23.9 Å². The van der Waals surface area contributed by atoms with Gasteiger partial charge in [0, 0.05) is 38.4 Å². The van der Waals surface area contributed by atoms with E-state index < -0.39 is 24.3 Å². The van der Waals surface area contributed by atoms with Gasteiger partial charge in [0.15, 0.2) is 5.82 Å². The van der Waals surface area contributed by atoms with E-state index in [1.807, 2.05) is 14.0 Å². The molecule has 2 N–H and O–H groups in total. The van der Waals surface area contributed by atoms with E-state index in [2.05, 4.69) is 35.5 Å². The van der Waals surface area contributed by atoms with Crippen molar-refractivity contribution in [2.75, 3.05) is 57.1 Å². The van der Waals surface area contributed by atoms with Crippen molar-refractivity contribution in [2.45, 2.75) is 44.4 Å². The molecule has 4 heterocycles. The SMILES string of the molecule is CCOc1cnc(NC(=O)N(C)[C@H]2CN(c3nccc(OC(=O)NC4CCN(C)CC4)n3)CC[C@H]2F)cn1. The molecule has 2 aromatic heterocycles. The Balaban J connectivity index is 1.34. The Morgan fingerprint density at radius 2 is 1.92 bits per heavy atom. The minimum absolute atomic E-state index is 0.0552. The number of hydrogen-bond acceptors (Lipinski definition) is 10. The summed E-state index contributed by atoms with van der Waals surface area (Å²) < 4.78 is 25.5. The summed E-state index contributed by atoms with van der Waals surface area (Å²) in [5.74, 6) is 0.952. The highest BCUT2D eigenvalue weighted by Crippen LogP contribution is 2.23. The van der Waals surface area contributed by atoms with Crippen LogP contribution in [0.15, 0.2) is 24.7 Å². The number of rotatable bonds is 7. The van der Waals surface area contributed by atoms with E-state index in [-0.39, 0.29) is 36.7 Å². The van der Waals surface area contributed by atoms with Crippen LogP contribution in [0.2, 0.25) is 0 Å². The predicted molar refractivity (Wildman–Crippen MR) is 137 cm³/mol. The smallest absolute Gasteiger partial charge is 0.414 e. The number of halogens is 1. The lowest BCUT2D eigenvalue weighted by molar-refractivity contribution is 0.133. The van der Waals surface area contributed by atoms with Crippen LogP contribution in [0.3, 0.4) is 0 Å². The first-order valence-corrected chi connectivity index (χ1v) is 12.7.